The Bertz CT molecular complexity index is 3050. The summed E-state index contributed by atoms with van der Waals surface area (Å²) in [4.78, 5) is 13.5. The Labute approximate surface area is 574 Å². The Balaban J connectivity index is 0.000000426. The minimum Gasteiger partial charge on any atom is -0.661 e. The molecule has 0 fully saturated rings. The van der Waals surface area contributed by atoms with Crippen LogP contribution < -0.4 is 20.0 Å². The second-order valence-corrected chi connectivity index (χ2v) is 26.9. The molecule has 8 aromatic rings. The normalized spacial score (nSPS) is 11.9. The molecular weight excluding hydrogens is 1130 g/mol. The van der Waals surface area contributed by atoms with E-state index in [1.807, 2.05) is 36.4 Å². The molecule has 6 nitrogen and oxygen atoms in total. The number of para-hydroxylation sites is 6. The van der Waals surface area contributed by atoms with Crippen LogP contribution in [0.2, 0.25) is 0 Å². The fourth-order valence-electron chi connectivity index (χ4n) is 10.3. The minimum atomic E-state index is 0. The third kappa shape index (κ3) is 25.0. The van der Waals surface area contributed by atoms with Crippen molar-refractivity contribution in [2.24, 2.45) is 0 Å². The number of nitrogens with one attached hydrogen (secondary N) is 4. The maximum Gasteiger partial charge on any atom is 2.00 e. The summed E-state index contributed by atoms with van der Waals surface area (Å²) in [6, 6.07) is 42.8. The molecular formula is C78H108Mg2N6S2+4. The molecule has 0 amide bonds. The molecule has 0 aliphatic heterocycles. The summed E-state index contributed by atoms with van der Waals surface area (Å²) >= 11 is 3.21. The monoisotopic (exact) mass is 1240 g/mol. The summed E-state index contributed by atoms with van der Waals surface area (Å²) in [6.45, 7) is 48.9. The van der Waals surface area contributed by atoms with Gasteiger partial charge in [-0.3, -0.25) is 0 Å². The molecule has 2 aromatic heterocycles. The van der Waals surface area contributed by atoms with E-state index in [4.69, 9.17) is 10.6 Å². The number of aromatic amines is 2. The number of hydrogen-bond acceptors (Lipinski definition) is 2. The molecule has 0 unspecified atom stereocenters. The molecule has 0 aliphatic rings. The van der Waals surface area contributed by atoms with Crippen molar-refractivity contribution in [3.63, 3.8) is 0 Å². The molecule has 0 radical (unpaired) electrons. The van der Waals surface area contributed by atoms with Gasteiger partial charge in [0.05, 0.1) is 11.0 Å². The van der Waals surface area contributed by atoms with Crippen LogP contribution in [0.25, 0.3) is 31.1 Å². The predicted octanol–water partition coefficient (Wildman–Crippen LogP) is 20.8. The number of nitrogens with zero attached hydrogens (tertiary/aromatic N) is 2. The average molecular weight is 1240 g/mol. The van der Waals surface area contributed by atoms with Gasteiger partial charge in [-0.05, 0) is 59.5 Å². The van der Waals surface area contributed by atoms with Gasteiger partial charge in [0.15, 0.2) is 22.4 Å². The summed E-state index contributed by atoms with van der Waals surface area (Å²) in [7, 11) is 0. The fraction of sp³-hybridized carbons (Fsp3) is 0.436. The number of hydrogen-bond donors (Lipinski definition) is 2. The SMILES string of the molecule is CC(/C=C(/C)[N-]c1c(C(C)C)cccc1C(C)C)=[NH+]c1c(C(C)C)cccc1C(C)C.CC(/C=C(/C)[N-]c1c(C(C)C)cccc1C(C)C)=[NH+]c1c(C(C)C)cccc1C(C)C.CCCCCC.[Mg+2].[Mg+2].[c-]1[nH+]c2ccccc2s1.[c-]1[nH+]c2ccccc2s1. The number of benzene rings is 6. The smallest absolute Gasteiger partial charge is 0.661 e. The zero-order valence-electron chi connectivity index (χ0n) is 58.3. The van der Waals surface area contributed by atoms with Crippen LogP contribution in [0.3, 0.4) is 0 Å². The van der Waals surface area contributed by atoms with Crippen molar-refractivity contribution < 1.29 is 20.0 Å². The Kier molecular flexibility index (Phi) is 36.6. The van der Waals surface area contributed by atoms with Gasteiger partial charge in [-0.15, -0.1) is 23.5 Å². The first-order valence-electron chi connectivity index (χ1n) is 32.0. The van der Waals surface area contributed by atoms with Crippen LogP contribution in [0.15, 0.2) is 145 Å². The van der Waals surface area contributed by atoms with Crippen molar-refractivity contribution in [1.29, 1.82) is 0 Å². The second kappa shape index (κ2) is 40.7. The Hall–Kier alpha value is -4.95. The first-order chi connectivity index (χ1) is 40.9. The van der Waals surface area contributed by atoms with Gasteiger partial charge in [0.2, 0.25) is 11.4 Å². The Morgan fingerprint density at radius 1 is 0.386 bits per heavy atom. The van der Waals surface area contributed by atoms with Gasteiger partial charge in [0, 0.05) is 36.1 Å². The van der Waals surface area contributed by atoms with E-state index in [0.717, 1.165) is 34.2 Å². The van der Waals surface area contributed by atoms with E-state index in [1.165, 1.54) is 102 Å². The number of allylic oxidation sites excluding steroid dienone is 4. The number of H-pyrrole nitrogens is 2. The van der Waals surface area contributed by atoms with Crippen LogP contribution in [0.1, 0.15) is 270 Å². The summed E-state index contributed by atoms with van der Waals surface area (Å²) < 4.78 is 2.52. The Morgan fingerprint density at radius 3 is 0.875 bits per heavy atom. The summed E-state index contributed by atoms with van der Waals surface area (Å²) in [5, 5.41) is 10.2. The largest absolute Gasteiger partial charge is 2.00 e. The van der Waals surface area contributed by atoms with Gasteiger partial charge in [0.25, 0.3) is 0 Å². The van der Waals surface area contributed by atoms with Gasteiger partial charge < -0.3 is 20.6 Å². The van der Waals surface area contributed by atoms with Crippen molar-refractivity contribution >= 4 is 123 Å². The van der Waals surface area contributed by atoms with E-state index >= 15 is 0 Å². The molecule has 0 saturated heterocycles. The molecule has 462 valence electrons. The third-order valence-corrected chi connectivity index (χ3v) is 16.5. The van der Waals surface area contributed by atoms with Gasteiger partial charge in [-0.2, -0.15) is 11.4 Å². The number of aromatic nitrogens is 2. The predicted molar refractivity (Wildman–Crippen MR) is 390 cm³/mol. The van der Waals surface area contributed by atoms with Gasteiger partial charge in [0.1, 0.15) is 0 Å². The maximum absolute atomic E-state index is 5.10. The van der Waals surface area contributed by atoms with Crippen LogP contribution in [-0.2, 0) is 0 Å². The summed E-state index contributed by atoms with van der Waals surface area (Å²) in [5.41, 5.74) is 28.0. The fourth-order valence-corrected chi connectivity index (χ4v) is 11.6. The molecule has 2 heterocycles. The van der Waals surface area contributed by atoms with E-state index in [0.29, 0.717) is 47.3 Å². The van der Waals surface area contributed by atoms with Crippen molar-refractivity contribution in [2.45, 2.75) is 225 Å². The molecule has 10 heteroatoms. The number of rotatable bonds is 19. The topological polar surface area (TPSA) is 84.4 Å². The van der Waals surface area contributed by atoms with Crippen LogP contribution in [0, 0.1) is 11.0 Å². The molecule has 0 bridgehead atoms. The maximum atomic E-state index is 5.10. The molecule has 0 saturated carbocycles. The minimum absolute atomic E-state index is 0. The van der Waals surface area contributed by atoms with Gasteiger partial charge in [-0.1, -0.05) is 305 Å². The second-order valence-electron chi connectivity index (χ2n) is 25.2. The zero-order chi connectivity index (χ0) is 63.6. The van der Waals surface area contributed by atoms with Crippen molar-refractivity contribution in [3.05, 3.63) is 211 Å². The van der Waals surface area contributed by atoms with Crippen LogP contribution in [0.4, 0.5) is 22.7 Å². The van der Waals surface area contributed by atoms with E-state index < -0.39 is 0 Å². The molecule has 0 atom stereocenters. The van der Waals surface area contributed by atoms with E-state index in [9.17, 15) is 0 Å². The average Bonchev–Trinajstić information content (AvgIpc) is 4.33. The van der Waals surface area contributed by atoms with Crippen molar-refractivity contribution in [2.75, 3.05) is 0 Å². The first kappa shape index (κ1) is 79.1. The zero-order valence-corrected chi connectivity index (χ0v) is 62.7. The van der Waals surface area contributed by atoms with Crippen LogP contribution in [0.5, 0.6) is 0 Å². The van der Waals surface area contributed by atoms with E-state index in [2.05, 4.69) is 280 Å². The molecule has 0 aliphatic carbocycles. The molecule has 88 heavy (non-hydrogen) atoms. The van der Waals surface area contributed by atoms with Crippen molar-refractivity contribution in [1.82, 2.24) is 0 Å². The van der Waals surface area contributed by atoms with Gasteiger partial charge >= 0.3 is 46.1 Å². The van der Waals surface area contributed by atoms with Gasteiger partial charge in [-0.25, -0.2) is 32.7 Å². The quantitative estimate of drug-likeness (QED) is 0.0350. The number of unbranched alkanes of at least 4 members (excludes halogenated alkanes) is 3. The van der Waals surface area contributed by atoms with Crippen molar-refractivity contribution in [3.8, 4) is 0 Å². The van der Waals surface area contributed by atoms with E-state index in [1.54, 1.807) is 22.7 Å². The first-order valence-corrected chi connectivity index (χ1v) is 33.6. The molecule has 4 N–H and O–H groups in total. The summed E-state index contributed by atoms with van der Waals surface area (Å²) in [6.07, 6.45) is 9.87. The number of thiazole rings is 2. The van der Waals surface area contributed by atoms with Crippen LogP contribution in [-0.4, -0.2) is 57.5 Å². The molecule has 8 rings (SSSR count). The van der Waals surface area contributed by atoms with Crippen LogP contribution >= 0.6 is 22.7 Å². The third-order valence-electron chi connectivity index (χ3n) is 14.9. The van der Waals surface area contributed by atoms with E-state index in [-0.39, 0.29) is 46.1 Å². The Morgan fingerprint density at radius 2 is 0.636 bits per heavy atom. The number of fused-ring (bicyclic) bond motifs is 2. The standard InChI is InChI=1S/2C29H41N2.2C7H5NS.C6H14.2Mg/c2*1-18(2)24-13-11-14-25(19(3)4)28(24)30-22(9)17-23(10)31-29-26(20(5)6)15-12-16-27(29)21(7)8;2*1-2-4-7-6(3-1)8-5-9-7;1-3-5-6-4-2;;/h2*11-21H,1-10H3;2*1-4,8H;3-6H2,1-2H3;;/q2*-1;;;;2*+2/p+2/b2*22-17-,31-23?;;;;;. The molecule has 6 aromatic carbocycles. The summed E-state index contributed by atoms with van der Waals surface area (Å²) in [5.74, 6) is 3.65. The molecule has 0 spiro atoms.